The monoisotopic (exact) mass is 268 g/mol. The summed E-state index contributed by atoms with van der Waals surface area (Å²) in [6.07, 6.45) is 6.12. The third-order valence-corrected chi connectivity index (χ3v) is 4.53. The van der Waals surface area contributed by atoms with Crippen molar-refractivity contribution < 1.29 is 0 Å². The molecule has 2 nitrogen and oxygen atoms in total. The maximum atomic E-state index is 4.90. The molecule has 1 N–H and O–H groups in total. The summed E-state index contributed by atoms with van der Waals surface area (Å²) >= 11 is 0. The molecule has 1 heterocycles. The molecule has 0 spiro atoms. The first-order valence-corrected chi connectivity index (χ1v) is 7.92. The highest BCUT2D eigenvalue weighted by molar-refractivity contribution is 5.83. The third kappa shape index (κ3) is 2.57. The van der Waals surface area contributed by atoms with Crippen molar-refractivity contribution in [3.05, 3.63) is 41.1 Å². The molecule has 106 valence electrons. The minimum Gasteiger partial charge on any atom is -0.310 e. The van der Waals surface area contributed by atoms with Gasteiger partial charge in [0, 0.05) is 23.7 Å². The molecule has 0 radical (unpaired) electrons. The van der Waals surface area contributed by atoms with Gasteiger partial charge in [0.25, 0.3) is 0 Å². The lowest BCUT2D eigenvalue weighted by Gasteiger charge is -2.22. The first-order chi connectivity index (χ1) is 9.79. The molecule has 0 amide bonds. The van der Waals surface area contributed by atoms with E-state index in [-0.39, 0.29) is 0 Å². The van der Waals surface area contributed by atoms with E-state index in [1.54, 1.807) is 0 Å². The average Bonchev–Trinajstić information content (AvgIpc) is 2.51. The molecule has 0 aliphatic heterocycles. The lowest BCUT2D eigenvalue weighted by atomic mass is 9.89. The summed E-state index contributed by atoms with van der Waals surface area (Å²) < 4.78 is 0. The summed E-state index contributed by atoms with van der Waals surface area (Å²) in [5, 5.41) is 5.00. The van der Waals surface area contributed by atoms with Crippen molar-refractivity contribution in [2.24, 2.45) is 0 Å². The van der Waals surface area contributed by atoms with Crippen LogP contribution in [0.25, 0.3) is 10.9 Å². The number of para-hydroxylation sites is 1. The Morgan fingerprint density at radius 1 is 1.20 bits per heavy atom. The van der Waals surface area contributed by atoms with Gasteiger partial charge in [-0.2, -0.15) is 0 Å². The van der Waals surface area contributed by atoms with E-state index in [1.807, 2.05) is 0 Å². The van der Waals surface area contributed by atoms with Crippen LogP contribution in [0, 0.1) is 0 Å². The predicted octanol–water partition coefficient (Wildman–Crippen LogP) is 4.00. The Balaban J connectivity index is 2.06. The number of aryl methyl sites for hydroxylation is 1. The quantitative estimate of drug-likeness (QED) is 0.906. The number of hydrogen-bond donors (Lipinski definition) is 1. The Morgan fingerprint density at radius 2 is 2.00 bits per heavy atom. The van der Waals surface area contributed by atoms with E-state index in [4.69, 9.17) is 4.98 Å². The third-order valence-electron chi connectivity index (χ3n) is 4.53. The van der Waals surface area contributed by atoms with Crippen LogP contribution in [0.3, 0.4) is 0 Å². The summed E-state index contributed by atoms with van der Waals surface area (Å²) in [7, 11) is 0. The Bertz CT molecular complexity index is 604. The van der Waals surface area contributed by atoms with Crippen LogP contribution in [-0.4, -0.2) is 11.0 Å². The van der Waals surface area contributed by atoms with Gasteiger partial charge in [-0.1, -0.05) is 25.1 Å². The molecular formula is C18H24N2. The molecule has 1 aromatic heterocycles. The fourth-order valence-electron chi connectivity index (χ4n) is 3.09. The van der Waals surface area contributed by atoms with E-state index in [9.17, 15) is 0 Å². The second-order valence-electron chi connectivity index (χ2n) is 5.93. The normalized spacial score (nSPS) is 16.1. The van der Waals surface area contributed by atoms with Gasteiger partial charge in [-0.25, -0.2) is 0 Å². The molecule has 1 aliphatic rings. The van der Waals surface area contributed by atoms with Crippen molar-refractivity contribution in [1.82, 2.24) is 10.3 Å². The van der Waals surface area contributed by atoms with Crippen molar-refractivity contribution in [1.29, 1.82) is 0 Å². The maximum Gasteiger partial charge on any atom is 0.0708 e. The highest BCUT2D eigenvalue weighted by Crippen LogP contribution is 2.29. The molecule has 0 fully saturated rings. The van der Waals surface area contributed by atoms with E-state index in [2.05, 4.69) is 43.4 Å². The fraction of sp³-hybridized carbons (Fsp3) is 0.500. The number of benzene rings is 1. The van der Waals surface area contributed by atoms with Gasteiger partial charge in [0.1, 0.15) is 0 Å². The number of nitrogens with zero attached hydrogens (tertiary/aromatic N) is 1. The average molecular weight is 268 g/mol. The van der Waals surface area contributed by atoms with Gasteiger partial charge in [-0.15, -0.1) is 0 Å². The molecule has 1 aromatic carbocycles. The molecule has 0 bridgehead atoms. The molecule has 20 heavy (non-hydrogen) atoms. The van der Waals surface area contributed by atoms with Crippen LogP contribution < -0.4 is 5.32 Å². The number of fused-ring (bicyclic) bond motifs is 2. The topological polar surface area (TPSA) is 24.9 Å². The van der Waals surface area contributed by atoms with Gasteiger partial charge in [-0.05, 0) is 56.2 Å². The molecule has 0 saturated carbocycles. The first kappa shape index (κ1) is 13.6. The lowest BCUT2D eigenvalue weighted by molar-refractivity contribution is 0.531. The summed E-state index contributed by atoms with van der Waals surface area (Å²) in [5.41, 5.74) is 5.52. The van der Waals surface area contributed by atoms with Gasteiger partial charge >= 0.3 is 0 Å². The summed E-state index contributed by atoms with van der Waals surface area (Å²) in [5.74, 6) is 0. The van der Waals surface area contributed by atoms with Crippen LogP contribution >= 0.6 is 0 Å². The largest absolute Gasteiger partial charge is 0.310 e. The van der Waals surface area contributed by atoms with Crippen LogP contribution in [-0.2, 0) is 19.4 Å². The molecular weight excluding hydrogens is 244 g/mol. The molecule has 1 unspecified atom stereocenters. The van der Waals surface area contributed by atoms with Gasteiger partial charge in [0.15, 0.2) is 0 Å². The second-order valence-corrected chi connectivity index (χ2v) is 5.93. The highest BCUT2D eigenvalue weighted by Gasteiger charge is 2.17. The van der Waals surface area contributed by atoms with Crippen molar-refractivity contribution in [2.45, 2.75) is 58.5 Å². The van der Waals surface area contributed by atoms with Gasteiger partial charge in [0.2, 0.25) is 0 Å². The first-order valence-electron chi connectivity index (χ1n) is 7.92. The Labute approximate surface area is 121 Å². The zero-order valence-electron chi connectivity index (χ0n) is 12.6. The van der Waals surface area contributed by atoms with Crippen LogP contribution in [0.2, 0.25) is 0 Å². The van der Waals surface area contributed by atoms with E-state index in [0.717, 1.165) is 18.5 Å². The van der Waals surface area contributed by atoms with Crippen molar-refractivity contribution in [2.75, 3.05) is 0 Å². The zero-order valence-corrected chi connectivity index (χ0v) is 12.6. The SMILES string of the molecule is CCC(C)NCc1c2c(nc3ccccc13)CCCC2. The molecule has 2 heteroatoms. The highest BCUT2D eigenvalue weighted by atomic mass is 14.9. The zero-order chi connectivity index (χ0) is 13.9. The van der Waals surface area contributed by atoms with E-state index < -0.39 is 0 Å². The van der Waals surface area contributed by atoms with Crippen LogP contribution in [0.1, 0.15) is 49.9 Å². The Kier molecular flexibility index (Phi) is 4.02. The fourth-order valence-corrected chi connectivity index (χ4v) is 3.09. The van der Waals surface area contributed by atoms with Crippen LogP contribution in [0.15, 0.2) is 24.3 Å². The lowest BCUT2D eigenvalue weighted by Crippen LogP contribution is -2.26. The summed E-state index contributed by atoms with van der Waals surface area (Å²) in [6.45, 7) is 5.47. The van der Waals surface area contributed by atoms with E-state index in [1.165, 1.54) is 47.9 Å². The second kappa shape index (κ2) is 5.92. The van der Waals surface area contributed by atoms with E-state index in [0.29, 0.717) is 6.04 Å². The van der Waals surface area contributed by atoms with Gasteiger partial charge < -0.3 is 5.32 Å². The molecule has 2 aromatic rings. The van der Waals surface area contributed by atoms with Crippen molar-refractivity contribution >= 4 is 10.9 Å². The van der Waals surface area contributed by atoms with Gasteiger partial charge in [-0.3, -0.25) is 4.98 Å². The van der Waals surface area contributed by atoms with Crippen molar-refractivity contribution in [3.8, 4) is 0 Å². The van der Waals surface area contributed by atoms with Crippen LogP contribution in [0.4, 0.5) is 0 Å². The maximum absolute atomic E-state index is 4.90. The molecule has 3 rings (SSSR count). The predicted molar refractivity (Wildman–Crippen MR) is 85.0 cm³/mol. The van der Waals surface area contributed by atoms with Crippen molar-refractivity contribution in [3.63, 3.8) is 0 Å². The minimum atomic E-state index is 0.571. The van der Waals surface area contributed by atoms with Gasteiger partial charge in [0.05, 0.1) is 5.52 Å². The number of rotatable bonds is 4. The molecule has 0 saturated heterocycles. The summed E-state index contributed by atoms with van der Waals surface area (Å²) in [4.78, 5) is 4.90. The smallest absolute Gasteiger partial charge is 0.0708 e. The number of aromatic nitrogens is 1. The minimum absolute atomic E-state index is 0.571. The Morgan fingerprint density at radius 3 is 2.85 bits per heavy atom. The number of nitrogens with one attached hydrogen (secondary N) is 1. The molecule has 1 aliphatic carbocycles. The number of pyridine rings is 1. The number of hydrogen-bond acceptors (Lipinski definition) is 2. The molecule has 1 atom stereocenters. The standard InChI is InChI=1S/C18H24N2/c1-3-13(2)19-12-16-14-8-4-6-10-17(14)20-18-11-7-5-9-15(16)18/h4,6,8,10,13,19H,3,5,7,9,11-12H2,1-2H3. The summed E-state index contributed by atoms with van der Waals surface area (Å²) in [6, 6.07) is 9.17. The van der Waals surface area contributed by atoms with E-state index >= 15 is 0 Å². The Hall–Kier alpha value is -1.41. The van der Waals surface area contributed by atoms with Crippen LogP contribution in [0.5, 0.6) is 0 Å².